The van der Waals surface area contributed by atoms with Crippen LogP contribution in [0.25, 0.3) is 5.82 Å². The van der Waals surface area contributed by atoms with Gasteiger partial charge in [0.1, 0.15) is 24.3 Å². The molecule has 0 saturated carbocycles. The molecule has 0 unspecified atom stereocenters. The summed E-state index contributed by atoms with van der Waals surface area (Å²) in [7, 11) is 1.22. The van der Waals surface area contributed by atoms with Crippen LogP contribution < -0.4 is 0 Å². The van der Waals surface area contributed by atoms with E-state index >= 15 is 0 Å². The van der Waals surface area contributed by atoms with Crippen LogP contribution in [0.15, 0.2) is 12.4 Å². The molecular weight excluding hydrogens is 260 g/mol. The molecule has 0 fully saturated rings. The van der Waals surface area contributed by atoms with Crippen LogP contribution in [0.1, 0.15) is 27.7 Å². The van der Waals surface area contributed by atoms with Gasteiger partial charge in [-0.3, -0.25) is 4.57 Å². The van der Waals surface area contributed by atoms with E-state index in [1.807, 2.05) is 12.1 Å². The highest BCUT2D eigenvalue weighted by atomic mass is 16.5. The molecule has 20 heavy (non-hydrogen) atoms. The lowest BCUT2D eigenvalue weighted by Crippen LogP contribution is -2.11. The van der Waals surface area contributed by atoms with Crippen molar-refractivity contribution in [1.82, 2.24) is 19.5 Å². The maximum absolute atomic E-state index is 11.5. The van der Waals surface area contributed by atoms with Gasteiger partial charge in [0.15, 0.2) is 11.4 Å². The lowest BCUT2D eigenvalue weighted by molar-refractivity contribution is 0.0586. The smallest absolute Gasteiger partial charge is 0.376 e. The third kappa shape index (κ3) is 2.18. The predicted molar refractivity (Wildman–Crippen MR) is 64.7 cm³/mol. The zero-order chi connectivity index (χ0) is 14.7. The van der Waals surface area contributed by atoms with Gasteiger partial charge in [-0.2, -0.15) is 10.5 Å². The number of hydrogen-bond acceptors (Lipinski definition) is 7. The minimum atomic E-state index is -0.686. The van der Waals surface area contributed by atoms with Crippen LogP contribution in [0, 0.1) is 29.6 Å². The molecule has 0 N–H and O–H groups in total. The zero-order valence-corrected chi connectivity index (χ0v) is 10.7. The van der Waals surface area contributed by atoms with E-state index in [0.29, 0.717) is 5.69 Å². The Hall–Kier alpha value is -3.26. The van der Waals surface area contributed by atoms with Gasteiger partial charge in [0.25, 0.3) is 0 Å². The van der Waals surface area contributed by atoms with Crippen molar-refractivity contribution in [2.45, 2.75) is 6.92 Å². The number of aromatic nitrogens is 4. The fraction of sp³-hybridized carbons (Fsp3) is 0.167. The number of imidazole rings is 1. The Bertz CT molecular complexity index is 765. The van der Waals surface area contributed by atoms with Crippen LogP contribution in [0.3, 0.4) is 0 Å². The average molecular weight is 268 g/mol. The normalized spacial score (nSPS) is 9.60. The fourth-order valence-electron chi connectivity index (χ4n) is 1.57. The largest absolute Gasteiger partial charge is 0.463 e. The van der Waals surface area contributed by atoms with Crippen LogP contribution in [0.4, 0.5) is 0 Å². The molecule has 2 rings (SSSR count). The molecule has 0 bridgehead atoms. The summed E-state index contributed by atoms with van der Waals surface area (Å²) in [6.07, 6.45) is 1.29. The molecule has 8 nitrogen and oxygen atoms in total. The first-order valence-corrected chi connectivity index (χ1v) is 5.42. The molecule has 0 radical (unpaired) electrons. The number of methoxy groups -OCH3 is 1. The molecule has 0 saturated heterocycles. The number of nitriles is 2. The number of rotatable bonds is 2. The van der Waals surface area contributed by atoms with Crippen molar-refractivity contribution in [3.63, 3.8) is 0 Å². The highest BCUT2D eigenvalue weighted by Crippen LogP contribution is 2.13. The fourth-order valence-corrected chi connectivity index (χ4v) is 1.57. The van der Waals surface area contributed by atoms with E-state index in [4.69, 9.17) is 10.5 Å². The number of carbonyl (C=O) groups excluding carboxylic acids is 1. The average Bonchev–Trinajstić information content (AvgIpc) is 2.88. The van der Waals surface area contributed by atoms with Gasteiger partial charge in [-0.25, -0.2) is 19.7 Å². The molecule has 2 aromatic heterocycles. The van der Waals surface area contributed by atoms with E-state index in [9.17, 15) is 4.79 Å². The van der Waals surface area contributed by atoms with Gasteiger partial charge in [-0.1, -0.05) is 0 Å². The first-order chi connectivity index (χ1) is 9.60. The van der Waals surface area contributed by atoms with Gasteiger partial charge in [0.2, 0.25) is 5.82 Å². The lowest BCUT2D eigenvalue weighted by atomic mass is 10.3. The number of esters is 1. The first kappa shape index (κ1) is 13.2. The van der Waals surface area contributed by atoms with Gasteiger partial charge >= 0.3 is 5.97 Å². The number of aryl methyl sites for hydroxylation is 1. The van der Waals surface area contributed by atoms with Crippen LogP contribution in [0.2, 0.25) is 0 Å². The molecule has 98 valence electrons. The van der Waals surface area contributed by atoms with Crippen molar-refractivity contribution in [2.24, 2.45) is 0 Å². The molecule has 0 aliphatic carbocycles. The first-order valence-electron chi connectivity index (χ1n) is 5.42. The predicted octanol–water partition coefficient (Wildman–Crippen LogP) is 0.501. The maximum Gasteiger partial charge on any atom is 0.376 e. The third-order valence-corrected chi connectivity index (χ3v) is 2.43. The Morgan fingerprint density at radius 2 is 2.10 bits per heavy atom. The molecule has 2 aromatic rings. The SMILES string of the molecule is COC(=O)c1nc(C)cc(-n2cnc(C#N)c2C#N)n1. The van der Waals surface area contributed by atoms with Crippen LogP contribution in [0.5, 0.6) is 0 Å². The monoisotopic (exact) mass is 268 g/mol. The molecule has 0 aromatic carbocycles. The Labute approximate surface area is 113 Å². The van der Waals surface area contributed by atoms with Gasteiger partial charge in [0, 0.05) is 11.8 Å². The van der Waals surface area contributed by atoms with Crippen LogP contribution in [-0.4, -0.2) is 32.6 Å². The lowest BCUT2D eigenvalue weighted by Gasteiger charge is -2.06. The van der Waals surface area contributed by atoms with Gasteiger partial charge in [-0.05, 0) is 6.92 Å². The molecule has 8 heteroatoms. The quantitative estimate of drug-likeness (QED) is 0.727. The Balaban J connectivity index is 2.63. The second-order valence-corrected chi connectivity index (χ2v) is 3.72. The van der Waals surface area contributed by atoms with E-state index < -0.39 is 5.97 Å². The molecule has 2 heterocycles. The molecule has 0 aliphatic rings. The highest BCUT2D eigenvalue weighted by Gasteiger charge is 2.16. The van der Waals surface area contributed by atoms with E-state index in [-0.39, 0.29) is 23.0 Å². The third-order valence-electron chi connectivity index (χ3n) is 2.43. The number of nitrogens with zero attached hydrogens (tertiary/aromatic N) is 6. The van der Waals surface area contributed by atoms with Crippen molar-refractivity contribution < 1.29 is 9.53 Å². The Kier molecular flexibility index (Phi) is 3.40. The van der Waals surface area contributed by atoms with Crippen molar-refractivity contribution in [1.29, 1.82) is 10.5 Å². The number of carbonyl (C=O) groups is 1. The molecule has 0 spiro atoms. The van der Waals surface area contributed by atoms with E-state index in [1.165, 1.54) is 18.0 Å². The number of ether oxygens (including phenoxy) is 1. The Morgan fingerprint density at radius 1 is 1.35 bits per heavy atom. The second-order valence-electron chi connectivity index (χ2n) is 3.72. The van der Waals surface area contributed by atoms with Crippen molar-refractivity contribution in [3.8, 4) is 18.0 Å². The summed E-state index contributed by atoms with van der Waals surface area (Å²) in [5, 5.41) is 17.9. The summed E-state index contributed by atoms with van der Waals surface area (Å²) in [6.45, 7) is 1.67. The highest BCUT2D eigenvalue weighted by molar-refractivity contribution is 5.85. The molecule has 0 aliphatic heterocycles. The standard InChI is InChI=1S/C12H8N6O2/c1-7-3-10(17-11(16-7)12(19)20-2)18-6-15-8(4-13)9(18)5-14/h3,6H,1-2H3. The Morgan fingerprint density at radius 3 is 2.70 bits per heavy atom. The summed E-state index contributed by atoms with van der Waals surface area (Å²) >= 11 is 0. The minimum Gasteiger partial charge on any atom is -0.463 e. The van der Waals surface area contributed by atoms with E-state index in [1.54, 1.807) is 13.0 Å². The van der Waals surface area contributed by atoms with E-state index in [0.717, 1.165) is 0 Å². The van der Waals surface area contributed by atoms with Gasteiger partial charge in [0.05, 0.1) is 7.11 Å². The molecule has 0 atom stereocenters. The van der Waals surface area contributed by atoms with Crippen LogP contribution >= 0.6 is 0 Å². The second kappa shape index (κ2) is 5.16. The maximum atomic E-state index is 11.5. The van der Waals surface area contributed by atoms with Gasteiger partial charge in [-0.15, -0.1) is 0 Å². The summed E-state index contributed by atoms with van der Waals surface area (Å²) in [5.41, 5.74) is 0.552. The molecular formula is C12H8N6O2. The summed E-state index contributed by atoms with van der Waals surface area (Å²) in [5.74, 6) is -0.545. The summed E-state index contributed by atoms with van der Waals surface area (Å²) in [6, 6.07) is 5.25. The molecule has 0 amide bonds. The van der Waals surface area contributed by atoms with Crippen molar-refractivity contribution in [2.75, 3.05) is 7.11 Å². The minimum absolute atomic E-state index is 0.0108. The summed E-state index contributed by atoms with van der Waals surface area (Å²) < 4.78 is 5.88. The topological polar surface area (TPSA) is 117 Å². The van der Waals surface area contributed by atoms with E-state index in [2.05, 4.69) is 19.7 Å². The number of hydrogen-bond donors (Lipinski definition) is 0. The zero-order valence-electron chi connectivity index (χ0n) is 10.7. The van der Waals surface area contributed by atoms with Crippen LogP contribution in [-0.2, 0) is 4.74 Å². The summed E-state index contributed by atoms with van der Waals surface area (Å²) in [4.78, 5) is 23.2. The van der Waals surface area contributed by atoms with Gasteiger partial charge < -0.3 is 4.74 Å². The van der Waals surface area contributed by atoms with Crippen molar-refractivity contribution >= 4 is 5.97 Å². The van der Waals surface area contributed by atoms with Crippen molar-refractivity contribution in [3.05, 3.63) is 35.3 Å².